The number of hydrogen-bond donors (Lipinski definition) is 3. The van der Waals surface area contributed by atoms with Gasteiger partial charge in [0.05, 0.1) is 13.2 Å². The zero-order chi connectivity index (χ0) is 28.5. The topological polar surface area (TPSA) is 148 Å². The van der Waals surface area contributed by atoms with Gasteiger partial charge in [0.2, 0.25) is 11.8 Å². The molecular weight excluding hydrogens is 514 g/mol. The smallest absolute Gasteiger partial charge is 0.352 e. The maximum absolute atomic E-state index is 13.6. The largest absolute Gasteiger partial charge is 0.461 e. The number of fused-ring (bicyclic) bond motifs is 1. The number of likely N-dealkylation sites (tertiary alicyclic amines) is 2. The number of benzene rings is 1. The normalized spacial score (nSPS) is 18.2. The van der Waals surface area contributed by atoms with Crippen molar-refractivity contribution in [1.29, 1.82) is 5.26 Å². The SMILES string of the molecule is Cc1cc2cc(N/C(N[C@H]3CCCCN(CC(=O)N4CCCC4)C3=O)=C(\C#N)C(=O)OCCCCO)ccc2o1. The van der Waals surface area contributed by atoms with E-state index in [4.69, 9.17) is 14.3 Å². The van der Waals surface area contributed by atoms with E-state index in [1.807, 2.05) is 25.1 Å². The van der Waals surface area contributed by atoms with Crippen LogP contribution in [0.4, 0.5) is 5.69 Å². The lowest BCUT2D eigenvalue weighted by molar-refractivity contribution is -0.140. The van der Waals surface area contributed by atoms with Gasteiger partial charge in [-0.05, 0) is 76.1 Å². The van der Waals surface area contributed by atoms with E-state index in [1.54, 1.807) is 21.9 Å². The van der Waals surface area contributed by atoms with Gasteiger partial charge in [-0.1, -0.05) is 0 Å². The van der Waals surface area contributed by atoms with E-state index in [2.05, 4.69) is 10.6 Å². The number of furan rings is 1. The molecule has 0 bridgehead atoms. The zero-order valence-electron chi connectivity index (χ0n) is 22.9. The minimum absolute atomic E-state index is 0.0119. The number of esters is 1. The number of unbranched alkanes of at least 4 members (excludes halogenated alkanes) is 1. The van der Waals surface area contributed by atoms with Gasteiger partial charge in [-0.2, -0.15) is 5.26 Å². The van der Waals surface area contributed by atoms with Gasteiger partial charge in [0, 0.05) is 37.3 Å². The standard InChI is InChI=1S/C29H37N5O6/c1-20-16-21-17-22(9-10-25(21)40-20)31-27(23(18-30)29(38)39-15-7-6-14-35)32-24-8-2-3-13-34(28(24)37)19-26(36)33-11-4-5-12-33/h9-10,16-17,24,31-32,35H,2-8,11-15,19H2,1H3/b27-23-/t24-/m0/s1. The molecule has 2 aromatic rings. The third-order valence-electron chi connectivity index (χ3n) is 7.14. The molecule has 11 nitrogen and oxygen atoms in total. The number of amides is 2. The van der Waals surface area contributed by atoms with Crippen LogP contribution in [0.5, 0.6) is 0 Å². The molecule has 2 amide bonds. The van der Waals surface area contributed by atoms with E-state index in [0.717, 1.165) is 36.8 Å². The number of aliphatic hydroxyl groups is 1. The third kappa shape index (κ3) is 7.33. The van der Waals surface area contributed by atoms with Gasteiger partial charge in [0.1, 0.15) is 29.3 Å². The fourth-order valence-corrected chi connectivity index (χ4v) is 5.02. The minimum Gasteiger partial charge on any atom is -0.461 e. The fraction of sp³-hybridized carbons (Fsp3) is 0.517. The second kappa shape index (κ2) is 13.8. The summed E-state index contributed by atoms with van der Waals surface area (Å²) >= 11 is 0. The van der Waals surface area contributed by atoms with Crippen LogP contribution >= 0.6 is 0 Å². The number of nitrogens with zero attached hydrogens (tertiary/aromatic N) is 3. The highest BCUT2D eigenvalue weighted by Crippen LogP contribution is 2.24. The Kier molecular flexibility index (Phi) is 10.0. The van der Waals surface area contributed by atoms with E-state index < -0.39 is 12.0 Å². The molecule has 2 aliphatic heterocycles. The number of nitrogens with one attached hydrogen (secondary N) is 2. The summed E-state index contributed by atoms with van der Waals surface area (Å²) < 4.78 is 10.9. The lowest BCUT2D eigenvalue weighted by Crippen LogP contribution is -2.49. The predicted molar refractivity (Wildman–Crippen MR) is 148 cm³/mol. The van der Waals surface area contributed by atoms with Crippen molar-refractivity contribution < 1.29 is 28.6 Å². The van der Waals surface area contributed by atoms with Crippen LogP contribution in [0.15, 0.2) is 40.1 Å². The first-order valence-electron chi connectivity index (χ1n) is 13.9. The first kappa shape index (κ1) is 29.0. The molecular formula is C29H37N5O6. The van der Waals surface area contributed by atoms with Crippen LogP contribution in [0.1, 0.15) is 50.7 Å². The Hall–Kier alpha value is -4.04. The second-order valence-electron chi connectivity index (χ2n) is 10.2. The van der Waals surface area contributed by atoms with Crippen LogP contribution in [-0.4, -0.2) is 78.1 Å². The molecule has 214 valence electrons. The van der Waals surface area contributed by atoms with Crippen molar-refractivity contribution in [2.24, 2.45) is 0 Å². The molecule has 2 aliphatic rings. The van der Waals surface area contributed by atoms with Crippen molar-refractivity contribution in [1.82, 2.24) is 15.1 Å². The van der Waals surface area contributed by atoms with Crippen molar-refractivity contribution in [3.8, 4) is 6.07 Å². The maximum atomic E-state index is 13.6. The summed E-state index contributed by atoms with van der Waals surface area (Å²) in [4.78, 5) is 42.7. The van der Waals surface area contributed by atoms with Crippen LogP contribution in [0, 0.1) is 18.3 Å². The summed E-state index contributed by atoms with van der Waals surface area (Å²) in [7, 11) is 0. The predicted octanol–water partition coefficient (Wildman–Crippen LogP) is 2.80. The quantitative estimate of drug-likeness (QED) is 0.166. The third-order valence-corrected chi connectivity index (χ3v) is 7.14. The van der Waals surface area contributed by atoms with E-state index >= 15 is 0 Å². The molecule has 3 N–H and O–H groups in total. The summed E-state index contributed by atoms with van der Waals surface area (Å²) in [5.74, 6) is -0.344. The van der Waals surface area contributed by atoms with Gasteiger partial charge in [-0.3, -0.25) is 9.59 Å². The molecule has 0 radical (unpaired) electrons. The molecule has 1 aromatic carbocycles. The molecule has 0 spiro atoms. The van der Waals surface area contributed by atoms with Crippen LogP contribution in [0.3, 0.4) is 0 Å². The van der Waals surface area contributed by atoms with Crippen LogP contribution in [-0.2, 0) is 19.1 Å². The molecule has 0 aliphatic carbocycles. The highest BCUT2D eigenvalue weighted by Gasteiger charge is 2.32. The van der Waals surface area contributed by atoms with Gasteiger partial charge in [-0.15, -0.1) is 0 Å². The van der Waals surface area contributed by atoms with Crippen molar-refractivity contribution in [3.05, 3.63) is 41.4 Å². The van der Waals surface area contributed by atoms with Gasteiger partial charge in [0.25, 0.3) is 0 Å². The molecule has 2 fully saturated rings. The Balaban J connectivity index is 1.58. The average Bonchev–Trinajstić information content (AvgIpc) is 3.57. The number of hydrogen-bond acceptors (Lipinski definition) is 9. The average molecular weight is 552 g/mol. The Labute approximate surface area is 233 Å². The molecule has 1 aromatic heterocycles. The van der Waals surface area contributed by atoms with Crippen molar-refractivity contribution >= 4 is 34.4 Å². The molecule has 1 atom stereocenters. The van der Waals surface area contributed by atoms with Gasteiger partial charge < -0.3 is 34.7 Å². The Morgan fingerprint density at radius 1 is 1.15 bits per heavy atom. The molecule has 11 heteroatoms. The van der Waals surface area contributed by atoms with Gasteiger partial charge in [0.15, 0.2) is 5.57 Å². The summed E-state index contributed by atoms with van der Waals surface area (Å²) in [6.07, 6.45) is 4.82. The van der Waals surface area contributed by atoms with Crippen molar-refractivity contribution in [2.75, 3.05) is 44.7 Å². The van der Waals surface area contributed by atoms with Gasteiger partial charge >= 0.3 is 5.97 Å². The Morgan fingerprint density at radius 3 is 2.67 bits per heavy atom. The number of anilines is 1. The van der Waals surface area contributed by atoms with Crippen molar-refractivity contribution in [2.45, 2.75) is 57.9 Å². The molecule has 0 saturated carbocycles. The molecule has 2 saturated heterocycles. The molecule has 4 rings (SSSR count). The summed E-state index contributed by atoms with van der Waals surface area (Å²) in [6.45, 7) is 3.78. The Morgan fingerprint density at radius 2 is 1.93 bits per heavy atom. The lowest BCUT2D eigenvalue weighted by atomic mass is 10.1. The molecule has 0 unspecified atom stereocenters. The molecule has 40 heavy (non-hydrogen) atoms. The summed E-state index contributed by atoms with van der Waals surface area (Å²) in [6, 6.07) is 8.42. The minimum atomic E-state index is -0.835. The number of carbonyl (C=O) groups is 3. The van der Waals surface area contributed by atoms with E-state index in [-0.39, 0.29) is 43.0 Å². The van der Waals surface area contributed by atoms with Gasteiger partial charge in [-0.25, -0.2) is 4.79 Å². The summed E-state index contributed by atoms with van der Waals surface area (Å²) in [5, 5.41) is 26.0. The lowest BCUT2D eigenvalue weighted by Gasteiger charge is -2.28. The zero-order valence-corrected chi connectivity index (χ0v) is 22.9. The Bertz CT molecular complexity index is 1290. The monoisotopic (exact) mass is 551 g/mol. The summed E-state index contributed by atoms with van der Waals surface area (Å²) in [5.41, 5.74) is 0.977. The highest BCUT2D eigenvalue weighted by molar-refractivity contribution is 5.95. The first-order valence-corrected chi connectivity index (χ1v) is 13.9. The number of nitriles is 1. The number of aryl methyl sites for hydroxylation is 1. The number of ether oxygens (including phenoxy) is 1. The number of aliphatic hydroxyl groups excluding tert-OH is 1. The first-order chi connectivity index (χ1) is 19.4. The fourth-order valence-electron chi connectivity index (χ4n) is 5.02. The number of rotatable bonds is 11. The van der Waals surface area contributed by atoms with Crippen LogP contribution in [0.25, 0.3) is 11.0 Å². The van der Waals surface area contributed by atoms with Crippen LogP contribution < -0.4 is 10.6 Å². The second-order valence-corrected chi connectivity index (χ2v) is 10.2. The van der Waals surface area contributed by atoms with Crippen LogP contribution in [0.2, 0.25) is 0 Å². The van der Waals surface area contributed by atoms with E-state index in [1.165, 1.54) is 0 Å². The van der Waals surface area contributed by atoms with E-state index in [0.29, 0.717) is 50.2 Å². The molecule has 3 heterocycles. The maximum Gasteiger partial charge on any atom is 0.352 e. The highest BCUT2D eigenvalue weighted by atomic mass is 16.5. The van der Waals surface area contributed by atoms with Crippen molar-refractivity contribution in [3.63, 3.8) is 0 Å². The number of carbonyl (C=O) groups excluding carboxylic acids is 3. The van der Waals surface area contributed by atoms with E-state index in [9.17, 15) is 19.6 Å².